The molecule has 0 aliphatic carbocycles. The van der Waals surface area contributed by atoms with Crippen molar-refractivity contribution in [2.45, 2.75) is 18.9 Å². The van der Waals surface area contributed by atoms with Crippen LogP contribution in [0.5, 0.6) is 5.75 Å². The van der Waals surface area contributed by atoms with E-state index in [0.29, 0.717) is 5.75 Å². The van der Waals surface area contributed by atoms with Crippen LogP contribution in [0.1, 0.15) is 24.6 Å². The van der Waals surface area contributed by atoms with Gasteiger partial charge in [-0.2, -0.15) is 0 Å². The summed E-state index contributed by atoms with van der Waals surface area (Å²) in [6.45, 7) is 0.775. The summed E-state index contributed by atoms with van der Waals surface area (Å²) in [5.74, 6) is 0.692. The third-order valence-corrected chi connectivity index (χ3v) is 4.70. The lowest BCUT2D eigenvalue weighted by Crippen LogP contribution is -2.34. The van der Waals surface area contributed by atoms with Crippen molar-refractivity contribution in [2.75, 3.05) is 13.2 Å². The summed E-state index contributed by atoms with van der Waals surface area (Å²) in [6, 6.07) is 13.4. The molecule has 3 aromatic rings. The highest BCUT2D eigenvalue weighted by atomic mass is 16.5. The smallest absolute Gasteiger partial charge is 0.261 e. The maximum Gasteiger partial charge on any atom is 0.261 e. The van der Waals surface area contributed by atoms with E-state index in [4.69, 9.17) is 4.74 Å². The average Bonchev–Trinajstić information content (AvgIpc) is 3.24. The van der Waals surface area contributed by atoms with Gasteiger partial charge in [0.05, 0.1) is 11.7 Å². The Morgan fingerprint density at radius 3 is 2.59 bits per heavy atom. The lowest BCUT2D eigenvalue weighted by Gasteiger charge is -2.24. The molecule has 0 bridgehead atoms. The summed E-state index contributed by atoms with van der Waals surface area (Å²) in [5, 5.41) is 0. The number of hydrogen-bond donors (Lipinski definition) is 0. The number of carbonyl (C=O) groups is 1. The molecule has 0 N–H and O–H groups in total. The fourth-order valence-electron chi connectivity index (χ4n) is 3.34. The van der Waals surface area contributed by atoms with Gasteiger partial charge in [-0.25, -0.2) is 9.97 Å². The van der Waals surface area contributed by atoms with Crippen molar-refractivity contribution in [1.29, 1.82) is 0 Å². The number of nitrogens with zero attached hydrogens (tertiary/aromatic N) is 4. The molecular formula is C21H20N4O2. The van der Waals surface area contributed by atoms with Gasteiger partial charge in [0.2, 0.25) is 0 Å². The van der Waals surface area contributed by atoms with Crippen LogP contribution in [-0.2, 0) is 4.79 Å². The lowest BCUT2D eigenvalue weighted by molar-refractivity contribution is -0.134. The molecule has 3 heterocycles. The zero-order valence-corrected chi connectivity index (χ0v) is 14.9. The summed E-state index contributed by atoms with van der Waals surface area (Å²) in [7, 11) is 0. The minimum absolute atomic E-state index is 0.00190. The van der Waals surface area contributed by atoms with Crippen molar-refractivity contribution in [3.63, 3.8) is 0 Å². The fourth-order valence-corrected chi connectivity index (χ4v) is 3.34. The summed E-state index contributed by atoms with van der Waals surface area (Å²) < 4.78 is 5.62. The Kier molecular flexibility index (Phi) is 5.05. The van der Waals surface area contributed by atoms with Gasteiger partial charge in [-0.15, -0.1) is 0 Å². The monoisotopic (exact) mass is 360 g/mol. The van der Waals surface area contributed by atoms with E-state index in [2.05, 4.69) is 15.0 Å². The first kappa shape index (κ1) is 17.1. The first-order valence-corrected chi connectivity index (χ1v) is 9.00. The molecule has 1 aliphatic heterocycles. The third-order valence-electron chi connectivity index (χ3n) is 4.70. The second-order valence-electron chi connectivity index (χ2n) is 6.45. The predicted octanol–water partition coefficient (Wildman–Crippen LogP) is 3.28. The van der Waals surface area contributed by atoms with Crippen molar-refractivity contribution in [3.05, 3.63) is 73.1 Å². The van der Waals surface area contributed by atoms with Gasteiger partial charge in [-0.1, -0.05) is 24.3 Å². The van der Waals surface area contributed by atoms with Crippen LogP contribution in [0.4, 0.5) is 0 Å². The molecular weight excluding hydrogens is 340 g/mol. The molecule has 6 nitrogen and oxygen atoms in total. The summed E-state index contributed by atoms with van der Waals surface area (Å²) in [5.41, 5.74) is 2.79. The van der Waals surface area contributed by atoms with E-state index in [-0.39, 0.29) is 18.6 Å². The van der Waals surface area contributed by atoms with Crippen molar-refractivity contribution in [1.82, 2.24) is 19.9 Å². The van der Waals surface area contributed by atoms with Gasteiger partial charge in [0.25, 0.3) is 5.91 Å². The summed E-state index contributed by atoms with van der Waals surface area (Å²) >= 11 is 0. The number of aromatic nitrogens is 3. The zero-order valence-electron chi connectivity index (χ0n) is 14.9. The van der Waals surface area contributed by atoms with Crippen LogP contribution in [0.25, 0.3) is 11.1 Å². The van der Waals surface area contributed by atoms with Crippen LogP contribution in [0.2, 0.25) is 0 Å². The van der Waals surface area contributed by atoms with Gasteiger partial charge in [0, 0.05) is 36.3 Å². The number of amides is 1. The van der Waals surface area contributed by atoms with Gasteiger partial charge in [-0.3, -0.25) is 9.78 Å². The average molecular weight is 360 g/mol. The Balaban J connectivity index is 1.44. The fraction of sp³-hybridized carbons (Fsp3) is 0.238. The van der Waals surface area contributed by atoms with E-state index in [1.54, 1.807) is 12.4 Å². The van der Waals surface area contributed by atoms with Crippen LogP contribution < -0.4 is 4.74 Å². The predicted molar refractivity (Wildman–Crippen MR) is 101 cm³/mol. The Bertz CT molecular complexity index is 885. The molecule has 27 heavy (non-hydrogen) atoms. The van der Waals surface area contributed by atoms with Gasteiger partial charge in [0.1, 0.15) is 12.1 Å². The van der Waals surface area contributed by atoms with Crippen molar-refractivity contribution < 1.29 is 9.53 Å². The molecule has 136 valence electrons. The van der Waals surface area contributed by atoms with Crippen LogP contribution in [0.3, 0.4) is 0 Å². The van der Waals surface area contributed by atoms with Crippen LogP contribution in [0.15, 0.2) is 67.4 Å². The van der Waals surface area contributed by atoms with E-state index in [9.17, 15) is 4.79 Å². The third kappa shape index (κ3) is 3.95. The minimum atomic E-state index is -0.0105. The molecule has 1 fully saturated rings. The Labute approximate surface area is 157 Å². The van der Waals surface area contributed by atoms with Gasteiger partial charge in [0.15, 0.2) is 6.61 Å². The first-order valence-electron chi connectivity index (χ1n) is 9.00. The molecule has 4 rings (SSSR count). The molecule has 1 saturated heterocycles. The zero-order chi connectivity index (χ0) is 18.5. The van der Waals surface area contributed by atoms with Crippen molar-refractivity contribution >= 4 is 5.91 Å². The summed E-state index contributed by atoms with van der Waals surface area (Å²) in [6.07, 6.45) is 8.72. The van der Waals surface area contributed by atoms with Crippen molar-refractivity contribution in [3.8, 4) is 16.9 Å². The normalized spacial score (nSPS) is 16.3. The number of carbonyl (C=O) groups excluding carboxylic acids is 1. The minimum Gasteiger partial charge on any atom is -0.484 e. The summed E-state index contributed by atoms with van der Waals surface area (Å²) in [4.78, 5) is 27.2. The maximum atomic E-state index is 12.6. The number of likely N-dealkylation sites (tertiary alicyclic amines) is 1. The molecule has 0 saturated carbocycles. The molecule has 0 spiro atoms. The number of hydrogen-bond acceptors (Lipinski definition) is 5. The Morgan fingerprint density at radius 1 is 1.04 bits per heavy atom. The Hall–Kier alpha value is -3.28. The molecule has 0 radical (unpaired) electrons. The lowest BCUT2D eigenvalue weighted by atomic mass is 10.1. The van der Waals surface area contributed by atoms with E-state index in [1.807, 2.05) is 53.6 Å². The van der Waals surface area contributed by atoms with E-state index >= 15 is 0 Å². The molecule has 1 atom stereocenters. The molecule has 1 aromatic carbocycles. The quantitative estimate of drug-likeness (QED) is 0.698. The molecule has 2 aromatic heterocycles. The van der Waals surface area contributed by atoms with E-state index < -0.39 is 0 Å². The molecule has 6 heteroatoms. The van der Waals surface area contributed by atoms with Gasteiger partial charge < -0.3 is 9.64 Å². The molecule has 1 amide bonds. The van der Waals surface area contributed by atoms with Crippen LogP contribution in [-0.4, -0.2) is 38.9 Å². The second kappa shape index (κ2) is 7.95. The largest absolute Gasteiger partial charge is 0.484 e. The highest BCUT2D eigenvalue weighted by molar-refractivity contribution is 5.78. The maximum absolute atomic E-state index is 12.6. The van der Waals surface area contributed by atoms with Gasteiger partial charge >= 0.3 is 0 Å². The number of rotatable bonds is 5. The van der Waals surface area contributed by atoms with Crippen molar-refractivity contribution in [2.24, 2.45) is 0 Å². The van der Waals surface area contributed by atoms with E-state index in [0.717, 1.165) is 36.2 Å². The van der Waals surface area contributed by atoms with Crippen LogP contribution >= 0.6 is 0 Å². The number of benzene rings is 1. The highest BCUT2D eigenvalue weighted by Crippen LogP contribution is 2.31. The molecule has 1 aliphatic rings. The number of pyridine rings is 1. The topological polar surface area (TPSA) is 68.2 Å². The number of ether oxygens (including phenoxy) is 1. The van der Waals surface area contributed by atoms with Gasteiger partial charge in [-0.05, 0) is 31.0 Å². The van der Waals surface area contributed by atoms with Crippen LogP contribution in [0, 0.1) is 0 Å². The Morgan fingerprint density at radius 2 is 1.85 bits per heavy atom. The second-order valence-corrected chi connectivity index (χ2v) is 6.45. The highest BCUT2D eigenvalue weighted by Gasteiger charge is 2.31. The van der Waals surface area contributed by atoms with E-state index in [1.165, 1.54) is 6.33 Å². The first-order chi connectivity index (χ1) is 13.3. The SMILES string of the molecule is O=C(COc1ccccc1)N1CCC[C@H]1c1ccc(-c2cncnc2)cn1. The number of para-hydroxylation sites is 1. The molecule has 0 unspecified atom stereocenters. The standard InChI is InChI=1S/C21H20N4O2/c26-21(14-27-18-5-2-1-3-6-18)25-10-4-7-20(25)19-9-8-16(13-24-19)17-11-22-15-23-12-17/h1-3,5-6,8-9,11-13,15,20H,4,7,10,14H2/t20-/m0/s1.